The second kappa shape index (κ2) is 13.2. The largest absolute Gasteiger partial charge is 0.208 e. The van der Waals surface area contributed by atoms with Crippen LogP contribution in [0.5, 0.6) is 0 Å². The van der Waals surface area contributed by atoms with Crippen LogP contribution < -0.4 is 0 Å². The Balaban J connectivity index is 1.21. The summed E-state index contributed by atoms with van der Waals surface area (Å²) in [6.45, 7) is 4.63. The van der Waals surface area contributed by atoms with Gasteiger partial charge in [0.2, 0.25) is 0 Å². The molecule has 2 aliphatic carbocycles. The van der Waals surface area contributed by atoms with E-state index >= 15 is 0 Å². The van der Waals surface area contributed by atoms with Crippen molar-refractivity contribution in [1.82, 2.24) is 15.0 Å². The number of benzene rings is 8. The van der Waals surface area contributed by atoms with Crippen molar-refractivity contribution in [2.75, 3.05) is 0 Å². The molecule has 1 aromatic heterocycles. The molecule has 3 heteroatoms. The first kappa shape index (κ1) is 34.1. The summed E-state index contributed by atoms with van der Waals surface area (Å²) in [7, 11) is 0. The molecular weight excluding hydrogens is 703 g/mol. The van der Waals surface area contributed by atoms with Gasteiger partial charge in [-0.1, -0.05) is 196 Å². The number of rotatable bonds is 6. The summed E-state index contributed by atoms with van der Waals surface area (Å²) in [4.78, 5) is 16.0. The average Bonchev–Trinajstić information content (AvgIpc) is 3.72. The number of nitrogens with zero attached hydrogens (tertiary/aromatic N) is 3. The smallest absolute Gasteiger partial charge is 0.164 e. The molecule has 274 valence electrons. The normalized spacial score (nSPS) is 14.0. The second-order valence-electron chi connectivity index (χ2n) is 15.9. The summed E-state index contributed by atoms with van der Waals surface area (Å²) in [5, 5.41) is 0. The molecule has 8 aromatic carbocycles. The van der Waals surface area contributed by atoms with Crippen molar-refractivity contribution < 1.29 is 0 Å². The lowest BCUT2D eigenvalue weighted by molar-refractivity contribution is 0.660. The molecule has 0 N–H and O–H groups in total. The van der Waals surface area contributed by atoms with Gasteiger partial charge in [-0.15, -0.1) is 0 Å². The maximum absolute atomic E-state index is 5.45. The fourth-order valence-corrected chi connectivity index (χ4v) is 9.71. The number of hydrogen-bond acceptors (Lipinski definition) is 3. The Labute approximate surface area is 339 Å². The van der Waals surface area contributed by atoms with Gasteiger partial charge in [0.15, 0.2) is 17.5 Å². The lowest BCUT2D eigenvalue weighted by Crippen LogP contribution is -2.28. The van der Waals surface area contributed by atoms with E-state index in [1.54, 1.807) is 0 Å². The van der Waals surface area contributed by atoms with Crippen LogP contribution >= 0.6 is 0 Å². The van der Waals surface area contributed by atoms with Crippen LogP contribution in [0.15, 0.2) is 200 Å². The van der Waals surface area contributed by atoms with Crippen molar-refractivity contribution in [3.8, 4) is 67.5 Å². The zero-order valence-corrected chi connectivity index (χ0v) is 32.4. The monoisotopic (exact) mass is 741 g/mol. The SMILES string of the molecule is CC1(C)c2ccccc2-c2ccc(-c3nc(-c4ccccc4)nc(-c4cc5c(cc4-c4ccccc4)-c4ccccc4C5(c4ccccc4)c4ccccc4)n3)cc21. The Bertz CT molecular complexity index is 2970. The van der Waals surface area contributed by atoms with Gasteiger partial charge in [0.25, 0.3) is 0 Å². The van der Waals surface area contributed by atoms with Crippen LogP contribution in [0.3, 0.4) is 0 Å². The molecule has 2 aliphatic rings. The number of hydrogen-bond donors (Lipinski definition) is 0. The highest BCUT2D eigenvalue weighted by atomic mass is 15.0. The number of fused-ring (bicyclic) bond motifs is 6. The molecule has 0 amide bonds. The maximum atomic E-state index is 5.45. The van der Waals surface area contributed by atoms with Crippen LogP contribution in [0.25, 0.3) is 67.5 Å². The molecular formula is C55H39N3. The van der Waals surface area contributed by atoms with E-state index in [-0.39, 0.29) is 5.41 Å². The van der Waals surface area contributed by atoms with Crippen molar-refractivity contribution in [3.05, 3.63) is 234 Å². The first-order valence-corrected chi connectivity index (χ1v) is 20.0. The molecule has 9 aromatic rings. The van der Waals surface area contributed by atoms with Gasteiger partial charge >= 0.3 is 0 Å². The molecule has 0 radical (unpaired) electrons. The van der Waals surface area contributed by atoms with E-state index in [0.717, 1.165) is 27.8 Å². The van der Waals surface area contributed by atoms with Gasteiger partial charge in [-0.05, 0) is 85.0 Å². The summed E-state index contributed by atoms with van der Waals surface area (Å²) < 4.78 is 0. The standard InChI is InChI=1S/C55H39N3/c1-54(2)47-29-17-15-27-41(47)43-32-31-38(33-49(43)54)52-56-51(37-21-9-4-10-22-37)57-53(58-52)46-35-50-45(34-44(46)36-19-7-3-8-20-36)42-28-16-18-30-48(42)55(50,39-23-11-5-12-24-39)40-25-13-6-14-26-40/h3-35H,1-2H3. The Morgan fingerprint density at radius 2 is 0.776 bits per heavy atom. The summed E-state index contributed by atoms with van der Waals surface area (Å²) in [5.41, 5.74) is 16.9. The minimum Gasteiger partial charge on any atom is -0.208 e. The summed E-state index contributed by atoms with van der Waals surface area (Å²) in [6.07, 6.45) is 0. The molecule has 0 saturated heterocycles. The van der Waals surface area contributed by atoms with Crippen LogP contribution in [-0.2, 0) is 10.8 Å². The molecule has 1 heterocycles. The van der Waals surface area contributed by atoms with Gasteiger partial charge < -0.3 is 0 Å². The summed E-state index contributed by atoms with van der Waals surface area (Å²) in [6, 6.07) is 72.0. The predicted molar refractivity (Wildman–Crippen MR) is 236 cm³/mol. The molecule has 11 rings (SSSR count). The van der Waals surface area contributed by atoms with E-state index < -0.39 is 5.41 Å². The zero-order valence-electron chi connectivity index (χ0n) is 32.4. The summed E-state index contributed by atoms with van der Waals surface area (Å²) >= 11 is 0. The van der Waals surface area contributed by atoms with Crippen LogP contribution in [-0.4, -0.2) is 15.0 Å². The molecule has 0 fully saturated rings. The topological polar surface area (TPSA) is 38.7 Å². The lowest BCUT2D eigenvalue weighted by atomic mass is 9.67. The Hall–Kier alpha value is -7.23. The van der Waals surface area contributed by atoms with Crippen LogP contribution in [0.1, 0.15) is 47.2 Å². The molecule has 3 nitrogen and oxygen atoms in total. The molecule has 0 aliphatic heterocycles. The van der Waals surface area contributed by atoms with E-state index in [9.17, 15) is 0 Å². The first-order valence-electron chi connectivity index (χ1n) is 20.0. The molecule has 58 heavy (non-hydrogen) atoms. The van der Waals surface area contributed by atoms with Gasteiger partial charge in [-0.25, -0.2) is 15.0 Å². The predicted octanol–water partition coefficient (Wildman–Crippen LogP) is 13.2. The van der Waals surface area contributed by atoms with Crippen LogP contribution in [0, 0.1) is 0 Å². The molecule has 0 saturated carbocycles. The van der Waals surface area contributed by atoms with Crippen LogP contribution in [0.2, 0.25) is 0 Å². The first-order chi connectivity index (χ1) is 28.5. The minimum atomic E-state index is -0.572. The highest BCUT2D eigenvalue weighted by Crippen LogP contribution is 2.58. The van der Waals surface area contributed by atoms with Crippen molar-refractivity contribution in [2.24, 2.45) is 0 Å². The van der Waals surface area contributed by atoms with Gasteiger partial charge in [0, 0.05) is 22.1 Å². The van der Waals surface area contributed by atoms with Crippen molar-refractivity contribution in [3.63, 3.8) is 0 Å². The van der Waals surface area contributed by atoms with E-state index in [1.807, 2.05) is 18.2 Å². The van der Waals surface area contributed by atoms with Crippen molar-refractivity contribution in [2.45, 2.75) is 24.7 Å². The summed E-state index contributed by atoms with van der Waals surface area (Å²) in [5.74, 6) is 1.93. The fraction of sp³-hybridized carbons (Fsp3) is 0.0727. The zero-order chi connectivity index (χ0) is 38.8. The van der Waals surface area contributed by atoms with Gasteiger partial charge in [0.1, 0.15) is 0 Å². The van der Waals surface area contributed by atoms with Crippen molar-refractivity contribution >= 4 is 0 Å². The Morgan fingerprint density at radius 3 is 1.41 bits per heavy atom. The lowest BCUT2D eigenvalue weighted by Gasteiger charge is -2.34. The van der Waals surface area contributed by atoms with E-state index in [0.29, 0.717) is 17.5 Å². The molecule has 0 spiro atoms. The van der Waals surface area contributed by atoms with E-state index in [1.165, 1.54) is 55.6 Å². The van der Waals surface area contributed by atoms with Gasteiger partial charge in [0.05, 0.1) is 5.41 Å². The minimum absolute atomic E-state index is 0.159. The fourth-order valence-electron chi connectivity index (χ4n) is 9.71. The Morgan fingerprint density at radius 1 is 0.293 bits per heavy atom. The third kappa shape index (κ3) is 5.10. The van der Waals surface area contributed by atoms with Crippen molar-refractivity contribution in [1.29, 1.82) is 0 Å². The highest BCUT2D eigenvalue weighted by molar-refractivity contribution is 5.94. The van der Waals surface area contributed by atoms with E-state index in [4.69, 9.17) is 15.0 Å². The highest BCUT2D eigenvalue weighted by Gasteiger charge is 2.46. The van der Waals surface area contributed by atoms with Crippen LogP contribution in [0.4, 0.5) is 0 Å². The molecule has 0 unspecified atom stereocenters. The Kier molecular flexibility index (Phi) is 7.74. The third-order valence-corrected chi connectivity index (χ3v) is 12.4. The second-order valence-corrected chi connectivity index (χ2v) is 15.9. The van der Waals surface area contributed by atoms with Gasteiger partial charge in [-0.3, -0.25) is 0 Å². The quantitative estimate of drug-likeness (QED) is 0.170. The van der Waals surface area contributed by atoms with E-state index in [2.05, 4.69) is 196 Å². The molecule has 0 bridgehead atoms. The van der Waals surface area contributed by atoms with Gasteiger partial charge in [-0.2, -0.15) is 0 Å². The third-order valence-electron chi connectivity index (χ3n) is 12.4. The average molecular weight is 742 g/mol. The maximum Gasteiger partial charge on any atom is 0.164 e. The molecule has 0 atom stereocenters. The number of aromatic nitrogens is 3.